The topological polar surface area (TPSA) is 58.1 Å². The van der Waals surface area contributed by atoms with Crippen LogP contribution in [0.25, 0.3) is 10.2 Å². The molecule has 0 saturated carbocycles. The van der Waals surface area contributed by atoms with Gasteiger partial charge in [-0.15, -0.1) is 0 Å². The summed E-state index contributed by atoms with van der Waals surface area (Å²) < 4.78 is 25.3. The van der Waals surface area contributed by atoms with Crippen LogP contribution in [0.3, 0.4) is 0 Å². The summed E-state index contributed by atoms with van der Waals surface area (Å²) >= 11 is 1.64. The molecule has 0 aromatic carbocycles. The van der Waals surface area contributed by atoms with E-state index in [9.17, 15) is 13.6 Å². The number of carbonyl (C=O) groups excluding carboxylic acids is 1. The predicted molar refractivity (Wildman–Crippen MR) is 86.0 cm³/mol. The number of pyridine rings is 1. The van der Waals surface area contributed by atoms with Crippen LogP contribution in [-0.4, -0.2) is 41.9 Å². The molecule has 1 N–H and O–H groups in total. The molecular weight excluding hydrogens is 322 g/mol. The quantitative estimate of drug-likeness (QED) is 0.909. The number of halogens is 2. The summed E-state index contributed by atoms with van der Waals surface area (Å²) in [5.74, 6) is -0.0326. The molecule has 0 spiro atoms. The molecule has 1 aliphatic heterocycles. The van der Waals surface area contributed by atoms with E-state index in [4.69, 9.17) is 0 Å². The average molecular weight is 340 g/mol. The van der Waals surface area contributed by atoms with Crippen molar-refractivity contribution in [3.05, 3.63) is 18.5 Å². The fraction of sp³-hybridized carbons (Fsp3) is 0.533. The van der Waals surface area contributed by atoms with E-state index < -0.39 is 13.0 Å². The number of hydrogen-bond acceptors (Lipinski definition) is 5. The molecule has 5 nitrogen and oxygen atoms in total. The van der Waals surface area contributed by atoms with Crippen molar-refractivity contribution in [1.29, 1.82) is 0 Å². The molecule has 124 valence electrons. The van der Waals surface area contributed by atoms with E-state index in [2.05, 4.69) is 20.2 Å². The first-order valence-electron chi connectivity index (χ1n) is 7.62. The van der Waals surface area contributed by atoms with Crippen molar-refractivity contribution in [2.75, 3.05) is 24.5 Å². The molecule has 2 aromatic rings. The Balaban J connectivity index is 1.51. The number of piperidine rings is 1. The summed E-state index contributed by atoms with van der Waals surface area (Å²) in [7, 11) is 0. The summed E-state index contributed by atoms with van der Waals surface area (Å²) in [6, 6.07) is 1.95. The Morgan fingerprint density at radius 1 is 1.43 bits per heavy atom. The van der Waals surface area contributed by atoms with Crippen LogP contribution in [0.15, 0.2) is 18.5 Å². The maximum Gasteiger partial charge on any atom is 0.255 e. The fourth-order valence-electron chi connectivity index (χ4n) is 2.76. The molecule has 0 aliphatic carbocycles. The number of thiazole rings is 1. The summed E-state index contributed by atoms with van der Waals surface area (Å²) in [5.41, 5.74) is 0.904. The highest BCUT2D eigenvalue weighted by Gasteiger charge is 2.23. The fourth-order valence-corrected chi connectivity index (χ4v) is 3.74. The number of amides is 1. The summed E-state index contributed by atoms with van der Waals surface area (Å²) in [5, 5.41) is 3.25. The van der Waals surface area contributed by atoms with Crippen molar-refractivity contribution >= 4 is 32.6 Å². The largest absolute Gasteiger partial charge is 0.350 e. The van der Waals surface area contributed by atoms with Crippen molar-refractivity contribution in [2.24, 2.45) is 5.92 Å². The first kappa shape index (κ1) is 16.0. The van der Waals surface area contributed by atoms with Crippen LogP contribution in [0.1, 0.15) is 19.3 Å². The van der Waals surface area contributed by atoms with Crippen LogP contribution >= 0.6 is 11.3 Å². The smallest absolute Gasteiger partial charge is 0.255 e. The zero-order valence-corrected chi connectivity index (χ0v) is 13.4. The van der Waals surface area contributed by atoms with Crippen LogP contribution < -0.4 is 10.2 Å². The molecule has 2 aromatic heterocycles. The van der Waals surface area contributed by atoms with Gasteiger partial charge in [-0.3, -0.25) is 9.78 Å². The van der Waals surface area contributed by atoms with E-state index in [-0.39, 0.29) is 11.8 Å². The van der Waals surface area contributed by atoms with Gasteiger partial charge in [0.15, 0.2) is 5.13 Å². The van der Waals surface area contributed by atoms with Crippen LogP contribution in [0.2, 0.25) is 0 Å². The number of fused-ring (bicyclic) bond motifs is 1. The van der Waals surface area contributed by atoms with E-state index >= 15 is 0 Å². The summed E-state index contributed by atoms with van der Waals surface area (Å²) in [6.07, 6.45) is 3.09. The normalized spacial score (nSPS) is 16.2. The first-order valence-corrected chi connectivity index (χ1v) is 8.44. The summed E-state index contributed by atoms with van der Waals surface area (Å²) in [6.45, 7) is 1.11. The molecule has 0 radical (unpaired) electrons. The molecule has 1 saturated heterocycles. The average Bonchev–Trinajstić information content (AvgIpc) is 2.97. The van der Waals surface area contributed by atoms with E-state index in [0.717, 1.165) is 41.3 Å². The minimum atomic E-state index is -2.49. The van der Waals surface area contributed by atoms with E-state index in [1.54, 1.807) is 23.7 Å². The second-order valence-electron chi connectivity index (χ2n) is 5.67. The third kappa shape index (κ3) is 4.13. The maximum absolute atomic E-state index is 12.1. The Bertz CT molecular complexity index is 637. The second kappa shape index (κ2) is 7.16. The molecule has 0 atom stereocenters. The van der Waals surface area contributed by atoms with Gasteiger partial charge in [-0.1, -0.05) is 11.3 Å². The van der Waals surface area contributed by atoms with Gasteiger partial charge in [0.05, 0.1) is 17.4 Å². The van der Waals surface area contributed by atoms with Crippen molar-refractivity contribution in [2.45, 2.75) is 25.7 Å². The molecule has 0 bridgehead atoms. The zero-order chi connectivity index (χ0) is 16.2. The lowest BCUT2D eigenvalue weighted by molar-refractivity contribution is -0.122. The predicted octanol–water partition coefficient (Wildman–Crippen LogP) is 2.68. The van der Waals surface area contributed by atoms with Gasteiger partial charge in [0.25, 0.3) is 6.43 Å². The molecular formula is C15H18F2N4OS. The van der Waals surface area contributed by atoms with Gasteiger partial charge in [-0.25, -0.2) is 13.8 Å². The van der Waals surface area contributed by atoms with Crippen molar-refractivity contribution < 1.29 is 13.6 Å². The Hall–Kier alpha value is -1.83. The zero-order valence-electron chi connectivity index (χ0n) is 12.5. The minimum Gasteiger partial charge on any atom is -0.350 e. The lowest BCUT2D eigenvalue weighted by Gasteiger charge is -2.31. The van der Waals surface area contributed by atoms with Crippen molar-refractivity contribution in [3.63, 3.8) is 0 Å². The molecule has 3 rings (SSSR count). The van der Waals surface area contributed by atoms with Gasteiger partial charge in [-0.05, 0) is 24.8 Å². The highest BCUT2D eigenvalue weighted by atomic mass is 32.1. The Morgan fingerprint density at radius 2 is 2.22 bits per heavy atom. The molecule has 1 fully saturated rings. The highest BCUT2D eigenvalue weighted by Crippen LogP contribution is 2.31. The first-order chi connectivity index (χ1) is 11.1. The number of carbonyl (C=O) groups is 1. The van der Waals surface area contributed by atoms with Gasteiger partial charge in [0.2, 0.25) is 5.91 Å². The number of rotatable bonds is 5. The number of hydrogen-bond donors (Lipinski definition) is 1. The third-order valence-corrected chi connectivity index (χ3v) is 5.09. The Morgan fingerprint density at radius 3 is 2.91 bits per heavy atom. The monoisotopic (exact) mass is 340 g/mol. The summed E-state index contributed by atoms with van der Waals surface area (Å²) in [4.78, 5) is 22.5. The van der Waals surface area contributed by atoms with Gasteiger partial charge in [-0.2, -0.15) is 0 Å². The van der Waals surface area contributed by atoms with Gasteiger partial charge >= 0.3 is 0 Å². The van der Waals surface area contributed by atoms with Crippen LogP contribution in [0.4, 0.5) is 13.9 Å². The number of aromatic nitrogens is 2. The molecule has 1 amide bonds. The van der Waals surface area contributed by atoms with Crippen LogP contribution in [0, 0.1) is 5.92 Å². The van der Waals surface area contributed by atoms with Crippen molar-refractivity contribution in [3.8, 4) is 0 Å². The lowest BCUT2D eigenvalue weighted by atomic mass is 9.93. The van der Waals surface area contributed by atoms with Crippen LogP contribution in [0.5, 0.6) is 0 Å². The lowest BCUT2D eigenvalue weighted by Crippen LogP contribution is -2.36. The molecule has 0 unspecified atom stereocenters. The highest BCUT2D eigenvalue weighted by molar-refractivity contribution is 7.22. The minimum absolute atomic E-state index is 0.250. The van der Waals surface area contributed by atoms with Gasteiger partial charge < -0.3 is 10.2 Å². The number of nitrogens with one attached hydrogen (secondary N) is 1. The molecule has 8 heteroatoms. The van der Waals surface area contributed by atoms with E-state index in [1.165, 1.54) is 0 Å². The second-order valence-corrected chi connectivity index (χ2v) is 6.68. The molecule has 1 aliphatic rings. The number of alkyl halides is 2. The van der Waals surface area contributed by atoms with Crippen molar-refractivity contribution in [1.82, 2.24) is 15.3 Å². The SMILES string of the molecule is O=C(CC1CCN(c2nc3cnccc3s2)CC1)NCC(F)F. The van der Waals surface area contributed by atoms with E-state index in [0.29, 0.717) is 6.42 Å². The van der Waals surface area contributed by atoms with Gasteiger partial charge in [0.1, 0.15) is 5.52 Å². The van der Waals surface area contributed by atoms with Gasteiger partial charge in [0, 0.05) is 25.7 Å². The standard InChI is InChI=1S/C15H18F2N4OS/c16-13(17)9-19-14(22)7-10-2-5-21(6-3-10)15-20-11-8-18-4-1-12(11)23-15/h1,4,8,10,13H,2-3,5-7,9H2,(H,19,22). The Labute approximate surface area is 136 Å². The van der Waals surface area contributed by atoms with E-state index in [1.807, 2.05) is 6.07 Å². The molecule has 23 heavy (non-hydrogen) atoms. The number of anilines is 1. The Kier molecular flexibility index (Phi) is 5.00. The van der Waals surface area contributed by atoms with Crippen LogP contribution in [-0.2, 0) is 4.79 Å². The third-order valence-electron chi connectivity index (χ3n) is 3.99. The maximum atomic E-state index is 12.1. The number of nitrogens with zero attached hydrogens (tertiary/aromatic N) is 3. The molecule has 3 heterocycles.